The average Bonchev–Trinajstić information content (AvgIpc) is 2.63. The third-order valence-electron chi connectivity index (χ3n) is 2.05. The summed E-state index contributed by atoms with van der Waals surface area (Å²) in [5.41, 5.74) is 1.07. The fourth-order valence-corrected chi connectivity index (χ4v) is 2.95. The summed E-state index contributed by atoms with van der Waals surface area (Å²) in [5, 5.41) is 2.76. The first-order chi connectivity index (χ1) is 8.06. The van der Waals surface area contributed by atoms with Crippen molar-refractivity contribution in [3.05, 3.63) is 42.2 Å². The summed E-state index contributed by atoms with van der Waals surface area (Å²) >= 11 is 6.99. The standard InChI is InChI=1S/C11H8BrIN2OS/c1-6-4-8(17-10(6)12)11(16)15-9-3-2-7(13)5-14-9/h2-5H,1H3,(H,14,15,16). The largest absolute Gasteiger partial charge is 0.306 e. The molecule has 0 aliphatic rings. The van der Waals surface area contributed by atoms with E-state index in [-0.39, 0.29) is 5.91 Å². The van der Waals surface area contributed by atoms with E-state index in [1.54, 1.807) is 12.3 Å². The first-order valence-electron chi connectivity index (χ1n) is 4.75. The van der Waals surface area contributed by atoms with Crippen molar-refractivity contribution in [1.82, 2.24) is 4.98 Å². The van der Waals surface area contributed by atoms with Crippen LogP contribution in [0.3, 0.4) is 0 Å². The quantitative estimate of drug-likeness (QED) is 0.741. The lowest BCUT2D eigenvalue weighted by molar-refractivity contribution is 0.103. The van der Waals surface area contributed by atoms with Crippen molar-refractivity contribution < 1.29 is 4.79 Å². The number of pyridine rings is 1. The van der Waals surface area contributed by atoms with Gasteiger partial charge in [0.05, 0.1) is 8.66 Å². The number of hydrogen-bond donors (Lipinski definition) is 1. The summed E-state index contributed by atoms with van der Waals surface area (Å²) in [6.07, 6.45) is 1.71. The number of carbonyl (C=O) groups excluding carboxylic acids is 1. The van der Waals surface area contributed by atoms with Gasteiger partial charge in [-0.15, -0.1) is 11.3 Å². The monoisotopic (exact) mass is 422 g/mol. The molecule has 0 atom stereocenters. The van der Waals surface area contributed by atoms with Gasteiger partial charge in [-0.25, -0.2) is 4.98 Å². The van der Waals surface area contributed by atoms with E-state index in [9.17, 15) is 4.79 Å². The molecular weight excluding hydrogens is 415 g/mol. The van der Waals surface area contributed by atoms with Crippen LogP contribution in [0.25, 0.3) is 0 Å². The predicted octanol–water partition coefficient (Wildman–Crippen LogP) is 4.07. The molecule has 2 aromatic heterocycles. The number of halogens is 2. The van der Waals surface area contributed by atoms with Crippen molar-refractivity contribution in [3.63, 3.8) is 0 Å². The van der Waals surface area contributed by atoms with Crippen LogP contribution in [0.2, 0.25) is 0 Å². The maximum absolute atomic E-state index is 11.9. The highest BCUT2D eigenvalue weighted by Gasteiger charge is 2.11. The molecule has 17 heavy (non-hydrogen) atoms. The molecule has 0 aliphatic heterocycles. The molecule has 0 unspecified atom stereocenters. The molecule has 0 bridgehead atoms. The fourth-order valence-electron chi connectivity index (χ4n) is 1.20. The molecule has 0 saturated heterocycles. The van der Waals surface area contributed by atoms with Gasteiger partial charge in [0.2, 0.25) is 0 Å². The number of thiophene rings is 1. The van der Waals surface area contributed by atoms with Crippen LogP contribution in [-0.2, 0) is 0 Å². The lowest BCUT2D eigenvalue weighted by Crippen LogP contribution is -2.11. The topological polar surface area (TPSA) is 42.0 Å². The number of aryl methyl sites for hydroxylation is 1. The number of rotatable bonds is 2. The zero-order valence-corrected chi connectivity index (χ0v) is 13.4. The molecule has 0 radical (unpaired) electrons. The van der Waals surface area contributed by atoms with Crippen LogP contribution in [0.5, 0.6) is 0 Å². The van der Waals surface area contributed by atoms with E-state index in [2.05, 4.69) is 48.8 Å². The highest BCUT2D eigenvalue weighted by Crippen LogP contribution is 2.27. The van der Waals surface area contributed by atoms with Gasteiger partial charge in [-0.05, 0) is 69.2 Å². The van der Waals surface area contributed by atoms with Gasteiger partial charge in [-0.2, -0.15) is 0 Å². The van der Waals surface area contributed by atoms with Crippen molar-refractivity contribution in [1.29, 1.82) is 0 Å². The zero-order valence-electron chi connectivity index (χ0n) is 8.83. The van der Waals surface area contributed by atoms with Gasteiger partial charge in [0.25, 0.3) is 5.91 Å². The van der Waals surface area contributed by atoms with Gasteiger partial charge >= 0.3 is 0 Å². The molecule has 88 valence electrons. The summed E-state index contributed by atoms with van der Waals surface area (Å²) in [5.74, 6) is 0.440. The van der Waals surface area contributed by atoms with Gasteiger partial charge in [-0.1, -0.05) is 0 Å². The van der Waals surface area contributed by atoms with Gasteiger partial charge in [0, 0.05) is 9.77 Å². The summed E-state index contributed by atoms with van der Waals surface area (Å²) in [7, 11) is 0. The maximum atomic E-state index is 11.9. The van der Waals surface area contributed by atoms with E-state index >= 15 is 0 Å². The van der Waals surface area contributed by atoms with Crippen LogP contribution in [0.15, 0.2) is 28.2 Å². The Morgan fingerprint density at radius 3 is 2.82 bits per heavy atom. The molecule has 1 N–H and O–H groups in total. The van der Waals surface area contributed by atoms with Crippen molar-refractivity contribution in [2.45, 2.75) is 6.92 Å². The number of aromatic nitrogens is 1. The minimum Gasteiger partial charge on any atom is -0.306 e. The third-order valence-corrected chi connectivity index (χ3v) is 4.82. The van der Waals surface area contributed by atoms with Crippen molar-refractivity contribution in [2.75, 3.05) is 5.32 Å². The molecule has 1 amide bonds. The van der Waals surface area contributed by atoms with Crippen LogP contribution in [0, 0.1) is 10.5 Å². The van der Waals surface area contributed by atoms with Crippen LogP contribution in [-0.4, -0.2) is 10.9 Å². The normalized spacial score (nSPS) is 10.3. The second kappa shape index (κ2) is 5.45. The second-order valence-electron chi connectivity index (χ2n) is 3.38. The SMILES string of the molecule is Cc1cc(C(=O)Nc2ccc(I)cn2)sc1Br. The minimum atomic E-state index is -0.127. The van der Waals surface area contributed by atoms with Crippen LogP contribution >= 0.6 is 49.9 Å². The van der Waals surface area contributed by atoms with Gasteiger partial charge in [0.1, 0.15) is 5.82 Å². The molecule has 2 rings (SSSR count). The van der Waals surface area contributed by atoms with Crippen LogP contribution < -0.4 is 5.32 Å². The second-order valence-corrected chi connectivity index (χ2v) is 7.00. The Morgan fingerprint density at radius 1 is 1.53 bits per heavy atom. The van der Waals surface area contributed by atoms with E-state index in [1.165, 1.54) is 11.3 Å². The summed E-state index contributed by atoms with van der Waals surface area (Å²) in [4.78, 5) is 16.7. The fraction of sp³-hybridized carbons (Fsp3) is 0.0909. The smallest absolute Gasteiger partial charge is 0.266 e. The predicted molar refractivity (Wildman–Crippen MR) is 81.7 cm³/mol. The van der Waals surface area contributed by atoms with Gasteiger partial charge in [0.15, 0.2) is 0 Å². The average molecular weight is 423 g/mol. The summed E-state index contributed by atoms with van der Waals surface area (Å²) in [6, 6.07) is 5.55. The van der Waals surface area contributed by atoms with E-state index in [4.69, 9.17) is 0 Å². The Hall–Kier alpha value is -0.470. The molecule has 0 aromatic carbocycles. The lowest BCUT2D eigenvalue weighted by atomic mass is 10.3. The number of nitrogens with one attached hydrogen (secondary N) is 1. The molecular formula is C11H8BrIN2OS. The van der Waals surface area contributed by atoms with E-state index in [1.807, 2.05) is 19.1 Å². The molecule has 2 heterocycles. The molecule has 0 fully saturated rings. The first-order valence-corrected chi connectivity index (χ1v) is 7.44. The van der Waals surface area contributed by atoms with Crippen molar-refractivity contribution in [3.8, 4) is 0 Å². The lowest BCUT2D eigenvalue weighted by Gasteiger charge is -2.01. The molecule has 6 heteroatoms. The molecule has 0 spiro atoms. The Morgan fingerprint density at radius 2 is 2.29 bits per heavy atom. The Labute approximate surface area is 125 Å². The molecule has 2 aromatic rings. The highest BCUT2D eigenvalue weighted by molar-refractivity contribution is 14.1. The number of anilines is 1. The number of carbonyl (C=O) groups is 1. The van der Waals surface area contributed by atoms with E-state index in [0.29, 0.717) is 10.7 Å². The third kappa shape index (κ3) is 3.26. The highest BCUT2D eigenvalue weighted by atomic mass is 127. The van der Waals surface area contributed by atoms with Crippen LogP contribution in [0.1, 0.15) is 15.2 Å². The summed E-state index contributed by atoms with van der Waals surface area (Å²) in [6.45, 7) is 1.96. The van der Waals surface area contributed by atoms with Crippen molar-refractivity contribution in [2.24, 2.45) is 0 Å². The first kappa shape index (κ1) is 13.0. The Balaban J connectivity index is 2.14. The zero-order chi connectivity index (χ0) is 12.4. The summed E-state index contributed by atoms with van der Waals surface area (Å²) < 4.78 is 2.02. The molecule has 0 saturated carbocycles. The number of hydrogen-bond acceptors (Lipinski definition) is 3. The van der Waals surface area contributed by atoms with Gasteiger partial charge in [-0.3, -0.25) is 4.79 Å². The Kier molecular flexibility index (Phi) is 4.16. The van der Waals surface area contributed by atoms with Gasteiger partial charge < -0.3 is 5.32 Å². The van der Waals surface area contributed by atoms with Crippen LogP contribution in [0.4, 0.5) is 5.82 Å². The van der Waals surface area contributed by atoms with E-state index in [0.717, 1.165) is 12.9 Å². The van der Waals surface area contributed by atoms with Crippen molar-refractivity contribution >= 4 is 61.6 Å². The Bertz CT molecular complexity index is 534. The molecule has 3 nitrogen and oxygen atoms in total. The van der Waals surface area contributed by atoms with E-state index < -0.39 is 0 Å². The number of amides is 1. The maximum Gasteiger partial charge on any atom is 0.266 e. The minimum absolute atomic E-state index is 0.127. The molecule has 0 aliphatic carbocycles. The number of nitrogens with zero attached hydrogens (tertiary/aromatic N) is 1.